The molecule has 2 aromatic carbocycles. The Morgan fingerprint density at radius 1 is 1.07 bits per heavy atom. The van der Waals surface area contributed by atoms with Gasteiger partial charge in [-0.05, 0) is 54.8 Å². The van der Waals surface area contributed by atoms with Crippen LogP contribution in [-0.4, -0.2) is 22.5 Å². The van der Waals surface area contributed by atoms with E-state index in [1.54, 1.807) is 35.2 Å². The molecule has 0 radical (unpaired) electrons. The Bertz CT molecular complexity index is 943. The van der Waals surface area contributed by atoms with E-state index >= 15 is 0 Å². The fraction of sp³-hybridized carbons (Fsp3) is 0.217. The number of anilines is 1. The topological polar surface area (TPSA) is 53.4 Å². The number of pyridine rings is 1. The van der Waals surface area contributed by atoms with Crippen molar-refractivity contribution in [3.63, 3.8) is 0 Å². The average molecular weight is 378 g/mol. The fourth-order valence-electron chi connectivity index (χ4n) is 2.97. The lowest BCUT2D eigenvalue weighted by atomic mass is 10.1. The Kier molecular flexibility index (Phi) is 6.16. The van der Waals surface area contributed by atoms with Crippen LogP contribution in [0.3, 0.4) is 0 Å². The summed E-state index contributed by atoms with van der Waals surface area (Å²) in [5, 5.41) is 10.6. The number of benzene rings is 2. The van der Waals surface area contributed by atoms with Gasteiger partial charge in [0.15, 0.2) is 6.10 Å². The zero-order valence-electron chi connectivity index (χ0n) is 16.0. The Hall–Kier alpha value is -3.05. The fourth-order valence-corrected chi connectivity index (χ4v) is 2.97. The van der Waals surface area contributed by atoms with Crippen LogP contribution in [-0.2, 0) is 11.2 Å². The number of aliphatic hydroxyl groups excluding tert-OH is 1. The molecule has 0 bridgehead atoms. The molecule has 0 saturated heterocycles. The monoisotopic (exact) mass is 378 g/mol. The van der Waals surface area contributed by atoms with Crippen LogP contribution in [0.5, 0.6) is 0 Å². The SMILES string of the molecule is Cc1ccc(N(CCc2ccc(F)cn2)C(=O)[C@@H](O)c2ccccc2)cc1C. The molecule has 1 heterocycles. The Balaban J connectivity index is 1.87. The Morgan fingerprint density at radius 3 is 2.46 bits per heavy atom. The summed E-state index contributed by atoms with van der Waals surface area (Å²) in [6.07, 6.45) is 0.348. The maximum Gasteiger partial charge on any atom is 0.260 e. The van der Waals surface area contributed by atoms with E-state index in [9.17, 15) is 14.3 Å². The first-order valence-electron chi connectivity index (χ1n) is 9.18. The third-order valence-corrected chi connectivity index (χ3v) is 4.80. The van der Waals surface area contributed by atoms with Crippen LogP contribution >= 0.6 is 0 Å². The molecule has 1 N–H and O–H groups in total. The van der Waals surface area contributed by atoms with Gasteiger partial charge in [0.25, 0.3) is 5.91 Å². The van der Waals surface area contributed by atoms with E-state index in [1.807, 2.05) is 38.1 Å². The summed E-state index contributed by atoms with van der Waals surface area (Å²) in [6, 6.07) is 17.6. The molecular weight excluding hydrogens is 355 g/mol. The molecule has 28 heavy (non-hydrogen) atoms. The van der Waals surface area contributed by atoms with E-state index in [1.165, 1.54) is 6.07 Å². The second kappa shape index (κ2) is 8.76. The van der Waals surface area contributed by atoms with Crippen LogP contribution in [0.4, 0.5) is 10.1 Å². The molecule has 0 aliphatic carbocycles. The first kappa shape index (κ1) is 19.7. The van der Waals surface area contributed by atoms with Crippen molar-refractivity contribution in [2.45, 2.75) is 26.4 Å². The van der Waals surface area contributed by atoms with Gasteiger partial charge in [0.1, 0.15) is 5.82 Å². The summed E-state index contributed by atoms with van der Waals surface area (Å²) in [5.74, 6) is -0.804. The molecule has 0 spiro atoms. The van der Waals surface area contributed by atoms with Gasteiger partial charge in [-0.2, -0.15) is 0 Å². The second-order valence-corrected chi connectivity index (χ2v) is 6.79. The number of halogens is 1. The van der Waals surface area contributed by atoms with E-state index in [0.717, 1.165) is 17.3 Å². The molecule has 0 saturated carbocycles. The number of hydrogen-bond acceptors (Lipinski definition) is 3. The summed E-state index contributed by atoms with van der Waals surface area (Å²) in [4.78, 5) is 18.7. The van der Waals surface area contributed by atoms with Gasteiger partial charge >= 0.3 is 0 Å². The minimum absolute atomic E-state index is 0.323. The first-order chi connectivity index (χ1) is 13.5. The van der Waals surface area contributed by atoms with Crippen LogP contribution in [0.25, 0.3) is 0 Å². The van der Waals surface area contributed by atoms with Crippen molar-refractivity contribution in [3.05, 3.63) is 95.1 Å². The molecule has 1 atom stereocenters. The summed E-state index contributed by atoms with van der Waals surface area (Å²) >= 11 is 0. The van der Waals surface area contributed by atoms with E-state index in [2.05, 4.69) is 4.98 Å². The van der Waals surface area contributed by atoms with Gasteiger partial charge in [0, 0.05) is 24.3 Å². The molecule has 0 aliphatic heterocycles. The number of aryl methyl sites for hydroxylation is 2. The highest BCUT2D eigenvalue weighted by Crippen LogP contribution is 2.24. The summed E-state index contributed by atoms with van der Waals surface area (Å²) in [6.45, 7) is 4.31. The van der Waals surface area contributed by atoms with Crippen LogP contribution in [0.1, 0.15) is 28.5 Å². The zero-order valence-corrected chi connectivity index (χ0v) is 16.0. The summed E-state index contributed by atoms with van der Waals surface area (Å²) in [5.41, 5.74) is 4.12. The number of carbonyl (C=O) groups is 1. The van der Waals surface area contributed by atoms with Crippen molar-refractivity contribution < 1.29 is 14.3 Å². The number of nitrogens with zero attached hydrogens (tertiary/aromatic N) is 2. The molecule has 3 rings (SSSR count). The van der Waals surface area contributed by atoms with Crippen molar-refractivity contribution in [2.24, 2.45) is 0 Å². The predicted molar refractivity (Wildman–Crippen MR) is 108 cm³/mol. The van der Waals surface area contributed by atoms with E-state index in [4.69, 9.17) is 0 Å². The lowest BCUT2D eigenvalue weighted by Gasteiger charge is -2.26. The third kappa shape index (κ3) is 4.61. The van der Waals surface area contributed by atoms with Crippen molar-refractivity contribution in [1.82, 2.24) is 4.98 Å². The predicted octanol–water partition coefficient (Wildman–Crippen LogP) is 4.15. The average Bonchev–Trinajstić information content (AvgIpc) is 2.72. The first-order valence-corrected chi connectivity index (χ1v) is 9.18. The number of hydrogen-bond donors (Lipinski definition) is 1. The van der Waals surface area contributed by atoms with Crippen molar-refractivity contribution in [2.75, 3.05) is 11.4 Å². The smallest absolute Gasteiger partial charge is 0.260 e. The molecule has 1 amide bonds. The molecule has 0 unspecified atom stereocenters. The largest absolute Gasteiger partial charge is 0.378 e. The number of aliphatic hydroxyl groups is 1. The van der Waals surface area contributed by atoms with Crippen LogP contribution in [0, 0.1) is 19.7 Å². The van der Waals surface area contributed by atoms with Crippen LogP contribution < -0.4 is 4.90 Å². The van der Waals surface area contributed by atoms with Crippen molar-refractivity contribution in [3.8, 4) is 0 Å². The normalized spacial score (nSPS) is 11.9. The van der Waals surface area contributed by atoms with Crippen LogP contribution in [0.15, 0.2) is 66.9 Å². The number of carbonyl (C=O) groups excluding carboxylic acids is 1. The van der Waals surface area contributed by atoms with Crippen LogP contribution in [0.2, 0.25) is 0 Å². The molecule has 0 aliphatic rings. The zero-order chi connectivity index (χ0) is 20.1. The quantitative estimate of drug-likeness (QED) is 0.701. The standard InChI is InChI=1S/C23H23FN2O2/c1-16-8-11-21(14-17(16)2)26(13-12-20-10-9-19(24)15-25-20)23(28)22(27)18-6-4-3-5-7-18/h3-11,14-15,22,27H,12-13H2,1-2H3/t22-/m0/s1. The van der Waals surface area contributed by atoms with Gasteiger partial charge < -0.3 is 10.0 Å². The molecule has 144 valence electrons. The molecule has 1 aromatic heterocycles. The lowest BCUT2D eigenvalue weighted by Crippen LogP contribution is -2.37. The van der Waals surface area contributed by atoms with Crippen molar-refractivity contribution >= 4 is 11.6 Å². The Labute approximate surface area is 164 Å². The molecule has 0 fully saturated rings. The maximum absolute atomic E-state index is 13.1. The van der Waals surface area contributed by atoms with Gasteiger partial charge in [0.05, 0.1) is 6.20 Å². The van der Waals surface area contributed by atoms with Gasteiger partial charge in [0.2, 0.25) is 0 Å². The van der Waals surface area contributed by atoms with E-state index in [-0.39, 0.29) is 0 Å². The number of rotatable bonds is 6. The number of amides is 1. The Morgan fingerprint density at radius 2 is 1.82 bits per heavy atom. The second-order valence-electron chi connectivity index (χ2n) is 6.79. The van der Waals surface area contributed by atoms with E-state index in [0.29, 0.717) is 29.9 Å². The third-order valence-electron chi connectivity index (χ3n) is 4.80. The highest BCUT2D eigenvalue weighted by atomic mass is 19.1. The van der Waals surface area contributed by atoms with Gasteiger partial charge in [-0.3, -0.25) is 9.78 Å². The highest BCUT2D eigenvalue weighted by Gasteiger charge is 2.25. The maximum atomic E-state index is 13.1. The summed E-state index contributed by atoms with van der Waals surface area (Å²) in [7, 11) is 0. The molecule has 5 heteroatoms. The van der Waals surface area contributed by atoms with E-state index < -0.39 is 17.8 Å². The highest BCUT2D eigenvalue weighted by molar-refractivity contribution is 5.97. The minimum Gasteiger partial charge on any atom is -0.378 e. The molecule has 4 nitrogen and oxygen atoms in total. The molecular formula is C23H23FN2O2. The van der Waals surface area contributed by atoms with Gasteiger partial charge in [-0.25, -0.2) is 4.39 Å². The lowest BCUT2D eigenvalue weighted by molar-refractivity contribution is -0.126. The van der Waals surface area contributed by atoms with Crippen molar-refractivity contribution in [1.29, 1.82) is 0 Å². The summed E-state index contributed by atoms with van der Waals surface area (Å²) < 4.78 is 13.1. The minimum atomic E-state index is -1.26. The van der Waals surface area contributed by atoms with Gasteiger partial charge in [-0.15, -0.1) is 0 Å². The molecule has 3 aromatic rings. The number of aromatic nitrogens is 1. The van der Waals surface area contributed by atoms with Gasteiger partial charge in [-0.1, -0.05) is 36.4 Å².